The molecule has 118 valence electrons. The van der Waals surface area contributed by atoms with E-state index in [9.17, 15) is 9.18 Å². The van der Waals surface area contributed by atoms with Crippen LogP contribution in [-0.4, -0.2) is 26.7 Å². The maximum atomic E-state index is 12.9. The Bertz CT molecular complexity index is 827. The van der Waals surface area contributed by atoms with Gasteiger partial charge in [0.1, 0.15) is 12.5 Å². The van der Waals surface area contributed by atoms with Crippen LogP contribution in [0.3, 0.4) is 0 Å². The molecular formula is C16H15FN4O2. The summed E-state index contributed by atoms with van der Waals surface area (Å²) in [7, 11) is 1.84. The van der Waals surface area contributed by atoms with Gasteiger partial charge in [0.25, 0.3) is 0 Å². The molecule has 0 aliphatic carbocycles. The van der Waals surface area contributed by atoms with E-state index in [1.54, 1.807) is 36.7 Å². The molecule has 0 aliphatic heterocycles. The van der Waals surface area contributed by atoms with Crippen molar-refractivity contribution in [3.8, 4) is 11.5 Å². The second-order valence-corrected chi connectivity index (χ2v) is 5.19. The van der Waals surface area contributed by atoms with E-state index in [0.717, 1.165) is 5.56 Å². The number of benzene rings is 1. The molecule has 7 heteroatoms. The van der Waals surface area contributed by atoms with Gasteiger partial charge in [-0.25, -0.2) is 9.18 Å². The van der Waals surface area contributed by atoms with Gasteiger partial charge in [-0.3, -0.25) is 9.88 Å². The zero-order chi connectivity index (χ0) is 16.2. The van der Waals surface area contributed by atoms with Crippen LogP contribution in [0, 0.1) is 5.82 Å². The lowest BCUT2D eigenvalue weighted by Gasteiger charge is -2.15. The molecule has 3 aromatic rings. The molecule has 0 aliphatic rings. The van der Waals surface area contributed by atoms with Gasteiger partial charge in [-0.05, 0) is 36.9 Å². The smallest absolute Gasteiger partial charge is 0.388 e. The van der Waals surface area contributed by atoms with Crippen LogP contribution in [0.4, 0.5) is 4.39 Å². The van der Waals surface area contributed by atoms with E-state index in [4.69, 9.17) is 4.42 Å². The number of pyridine rings is 1. The van der Waals surface area contributed by atoms with Crippen LogP contribution in [0.5, 0.6) is 0 Å². The van der Waals surface area contributed by atoms with Crippen molar-refractivity contribution in [2.24, 2.45) is 0 Å². The highest BCUT2D eigenvalue weighted by molar-refractivity contribution is 5.50. The van der Waals surface area contributed by atoms with Crippen molar-refractivity contribution in [3.05, 3.63) is 70.7 Å². The molecule has 3 rings (SSSR count). The minimum atomic E-state index is -0.525. The van der Waals surface area contributed by atoms with Gasteiger partial charge in [-0.2, -0.15) is 4.68 Å². The lowest BCUT2D eigenvalue weighted by Crippen LogP contribution is -2.28. The van der Waals surface area contributed by atoms with Gasteiger partial charge in [0.05, 0.1) is 0 Å². The van der Waals surface area contributed by atoms with Gasteiger partial charge in [0.2, 0.25) is 5.89 Å². The van der Waals surface area contributed by atoms with E-state index in [1.807, 2.05) is 11.9 Å². The van der Waals surface area contributed by atoms with Crippen molar-refractivity contribution >= 4 is 0 Å². The van der Waals surface area contributed by atoms with Crippen LogP contribution < -0.4 is 5.76 Å². The predicted octanol–water partition coefficient (Wildman–Crippen LogP) is 2.13. The zero-order valence-corrected chi connectivity index (χ0v) is 12.5. The third-order valence-electron chi connectivity index (χ3n) is 3.27. The van der Waals surface area contributed by atoms with Crippen LogP contribution >= 0.6 is 0 Å². The molecule has 0 saturated heterocycles. The minimum Gasteiger partial charge on any atom is -0.388 e. The van der Waals surface area contributed by atoms with Crippen molar-refractivity contribution in [1.82, 2.24) is 19.7 Å². The summed E-state index contributed by atoms with van der Waals surface area (Å²) in [5, 5.41) is 4.18. The molecule has 0 unspecified atom stereocenters. The summed E-state index contributed by atoms with van der Waals surface area (Å²) in [5.74, 6) is -0.540. The van der Waals surface area contributed by atoms with Crippen LogP contribution in [0.25, 0.3) is 11.5 Å². The first kappa shape index (κ1) is 15.1. The van der Waals surface area contributed by atoms with E-state index in [0.29, 0.717) is 12.1 Å². The average molecular weight is 314 g/mol. The number of hydrogen-bond donors (Lipinski definition) is 0. The molecule has 23 heavy (non-hydrogen) atoms. The normalized spacial score (nSPS) is 11.1. The Morgan fingerprint density at radius 2 is 1.87 bits per heavy atom. The first-order valence-electron chi connectivity index (χ1n) is 7.03. The van der Waals surface area contributed by atoms with Crippen molar-refractivity contribution in [2.75, 3.05) is 7.05 Å². The molecule has 0 radical (unpaired) electrons. The van der Waals surface area contributed by atoms with Gasteiger partial charge in [-0.15, -0.1) is 5.10 Å². The number of halogens is 1. The maximum absolute atomic E-state index is 12.9. The molecule has 2 aromatic heterocycles. The highest BCUT2D eigenvalue weighted by Gasteiger charge is 2.11. The first-order chi connectivity index (χ1) is 11.1. The molecule has 0 saturated carbocycles. The molecule has 0 bridgehead atoms. The molecule has 0 N–H and O–H groups in total. The van der Waals surface area contributed by atoms with E-state index in [1.165, 1.54) is 16.8 Å². The summed E-state index contributed by atoms with van der Waals surface area (Å²) in [6, 6.07) is 9.68. The van der Waals surface area contributed by atoms with Gasteiger partial charge in [0.15, 0.2) is 0 Å². The summed E-state index contributed by atoms with van der Waals surface area (Å²) in [4.78, 5) is 17.7. The Morgan fingerprint density at radius 3 is 2.57 bits per heavy atom. The van der Waals surface area contributed by atoms with Crippen LogP contribution in [0.15, 0.2) is 58.0 Å². The number of aromatic nitrogens is 3. The van der Waals surface area contributed by atoms with Gasteiger partial charge in [0, 0.05) is 24.5 Å². The summed E-state index contributed by atoms with van der Waals surface area (Å²) in [6.07, 6.45) is 3.21. The maximum Gasteiger partial charge on any atom is 0.438 e. The first-order valence-corrected chi connectivity index (χ1v) is 7.03. The number of nitrogens with zero attached hydrogens (tertiary/aromatic N) is 4. The molecular weight excluding hydrogens is 299 g/mol. The Balaban J connectivity index is 1.71. The fourth-order valence-electron chi connectivity index (χ4n) is 2.19. The van der Waals surface area contributed by atoms with Crippen molar-refractivity contribution in [1.29, 1.82) is 0 Å². The average Bonchev–Trinajstić information content (AvgIpc) is 2.91. The molecule has 6 nitrogen and oxygen atoms in total. The number of hydrogen-bond acceptors (Lipinski definition) is 5. The van der Waals surface area contributed by atoms with E-state index in [2.05, 4.69) is 10.1 Å². The van der Waals surface area contributed by atoms with E-state index >= 15 is 0 Å². The fourth-order valence-corrected chi connectivity index (χ4v) is 2.19. The van der Waals surface area contributed by atoms with Gasteiger partial charge >= 0.3 is 5.76 Å². The molecule has 0 atom stereocenters. The molecule has 0 spiro atoms. The Kier molecular flexibility index (Phi) is 4.29. The third-order valence-corrected chi connectivity index (χ3v) is 3.27. The van der Waals surface area contributed by atoms with E-state index in [-0.39, 0.29) is 18.4 Å². The van der Waals surface area contributed by atoms with Crippen molar-refractivity contribution < 1.29 is 8.81 Å². The number of rotatable bonds is 5. The largest absolute Gasteiger partial charge is 0.438 e. The van der Waals surface area contributed by atoms with E-state index < -0.39 is 5.76 Å². The lowest BCUT2D eigenvalue weighted by atomic mass is 10.2. The van der Waals surface area contributed by atoms with Crippen molar-refractivity contribution in [3.63, 3.8) is 0 Å². The second kappa shape index (κ2) is 6.53. The van der Waals surface area contributed by atoms with Crippen LogP contribution in [0.1, 0.15) is 5.56 Å². The summed E-state index contributed by atoms with van der Waals surface area (Å²) in [5.41, 5.74) is 1.64. The van der Waals surface area contributed by atoms with Crippen LogP contribution in [-0.2, 0) is 13.2 Å². The van der Waals surface area contributed by atoms with Crippen LogP contribution in [0.2, 0.25) is 0 Å². The summed E-state index contributed by atoms with van der Waals surface area (Å²) >= 11 is 0. The Morgan fingerprint density at radius 1 is 1.17 bits per heavy atom. The Hall–Kier alpha value is -2.80. The predicted molar refractivity (Wildman–Crippen MR) is 81.9 cm³/mol. The third kappa shape index (κ3) is 3.70. The summed E-state index contributed by atoms with van der Waals surface area (Å²) < 4.78 is 19.3. The topological polar surface area (TPSA) is 64.2 Å². The summed E-state index contributed by atoms with van der Waals surface area (Å²) in [6.45, 7) is 0.828. The highest BCUT2D eigenvalue weighted by Crippen LogP contribution is 2.13. The molecule has 2 heterocycles. The highest BCUT2D eigenvalue weighted by atomic mass is 19.1. The molecule has 0 fully saturated rings. The SMILES string of the molecule is CN(Cc1ccc(F)cc1)Cn1nc(-c2ccncc2)oc1=O. The van der Waals surface area contributed by atoms with Crippen molar-refractivity contribution in [2.45, 2.75) is 13.2 Å². The quantitative estimate of drug-likeness (QED) is 0.722. The standard InChI is InChI=1S/C16H15FN4O2/c1-20(10-12-2-4-14(17)5-3-12)11-21-16(22)23-15(19-21)13-6-8-18-9-7-13/h2-9H,10-11H2,1H3. The molecule has 1 aromatic carbocycles. The monoisotopic (exact) mass is 314 g/mol. The van der Waals surface area contributed by atoms with Gasteiger partial charge < -0.3 is 4.42 Å². The molecule has 0 amide bonds. The fraction of sp³-hybridized carbons (Fsp3) is 0.188. The lowest BCUT2D eigenvalue weighted by molar-refractivity contribution is 0.237. The zero-order valence-electron chi connectivity index (χ0n) is 12.5. The van der Waals surface area contributed by atoms with Gasteiger partial charge in [-0.1, -0.05) is 12.1 Å². The Labute approximate surface area is 131 Å². The minimum absolute atomic E-state index is 0.257. The second-order valence-electron chi connectivity index (χ2n) is 5.19.